The summed E-state index contributed by atoms with van der Waals surface area (Å²) in [5, 5.41) is 3.56. The molecule has 0 spiro atoms. The Hall–Kier alpha value is -0.0800. The van der Waals surface area contributed by atoms with Crippen LogP contribution >= 0.6 is 0 Å². The number of hydrogen-bond donors (Lipinski definition) is 2. The van der Waals surface area contributed by atoms with Crippen LogP contribution in [0, 0.1) is 11.3 Å². The standard InChI is InChI=1S/C11H24N2/c1-3-10(7-12)8-13-9-11(4-2)5-6-11/h10,13H,3-9,12H2,1-2H3. The zero-order chi connectivity index (χ0) is 9.73. The molecule has 0 saturated heterocycles. The lowest BCUT2D eigenvalue weighted by atomic mass is 10.0. The third-order valence-electron chi connectivity index (χ3n) is 3.55. The van der Waals surface area contributed by atoms with E-state index in [0.717, 1.165) is 13.1 Å². The van der Waals surface area contributed by atoms with Crippen LogP contribution in [0.3, 0.4) is 0 Å². The maximum atomic E-state index is 5.64. The van der Waals surface area contributed by atoms with Gasteiger partial charge in [-0.3, -0.25) is 0 Å². The Bertz CT molecular complexity index is 137. The van der Waals surface area contributed by atoms with E-state index in [1.807, 2.05) is 0 Å². The smallest absolute Gasteiger partial charge is 0.000784 e. The Morgan fingerprint density at radius 1 is 1.38 bits per heavy atom. The molecule has 0 heterocycles. The maximum absolute atomic E-state index is 5.64. The van der Waals surface area contributed by atoms with Gasteiger partial charge in [0.1, 0.15) is 0 Å². The van der Waals surface area contributed by atoms with Gasteiger partial charge in [0, 0.05) is 6.54 Å². The normalized spacial score (nSPS) is 21.5. The quantitative estimate of drug-likeness (QED) is 0.632. The topological polar surface area (TPSA) is 38.0 Å². The molecule has 1 aliphatic carbocycles. The van der Waals surface area contributed by atoms with Crippen LogP contribution in [0.4, 0.5) is 0 Å². The molecule has 2 nitrogen and oxygen atoms in total. The Balaban J connectivity index is 2.06. The van der Waals surface area contributed by atoms with Crippen molar-refractivity contribution < 1.29 is 0 Å². The van der Waals surface area contributed by atoms with Crippen LogP contribution in [-0.4, -0.2) is 19.6 Å². The van der Waals surface area contributed by atoms with Crippen molar-refractivity contribution in [3.05, 3.63) is 0 Å². The third-order valence-corrected chi connectivity index (χ3v) is 3.55. The lowest BCUT2D eigenvalue weighted by Gasteiger charge is -2.17. The molecular formula is C11H24N2. The molecule has 13 heavy (non-hydrogen) atoms. The van der Waals surface area contributed by atoms with E-state index in [-0.39, 0.29) is 0 Å². The first-order valence-electron chi connectivity index (χ1n) is 5.67. The molecule has 0 aromatic rings. The third kappa shape index (κ3) is 3.28. The average molecular weight is 184 g/mol. The molecule has 0 aromatic carbocycles. The van der Waals surface area contributed by atoms with Crippen molar-refractivity contribution in [2.45, 2.75) is 39.5 Å². The summed E-state index contributed by atoms with van der Waals surface area (Å²) >= 11 is 0. The fourth-order valence-electron chi connectivity index (χ4n) is 1.77. The van der Waals surface area contributed by atoms with Gasteiger partial charge in [0.05, 0.1) is 0 Å². The van der Waals surface area contributed by atoms with Crippen LogP contribution in [0.2, 0.25) is 0 Å². The van der Waals surface area contributed by atoms with Crippen molar-refractivity contribution in [3.63, 3.8) is 0 Å². The summed E-state index contributed by atoms with van der Waals surface area (Å²) in [5.74, 6) is 0.674. The second kappa shape index (κ2) is 4.97. The number of hydrogen-bond acceptors (Lipinski definition) is 2. The molecule has 3 N–H and O–H groups in total. The molecule has 1 aliphatic rings. The maximum Gasteiger partial charge on any atom is 0.000784 e. The van der Waals surface area contributed by atoms with Crippen molar-refractivity contribution in [2.75, 3.05) is 19.6 Å². The monoisotopic (exact) mass is 184 g/mol. The van der Waals surface area contributed by atoms with Gasteiger partial charge < -0.3 is 11.1 Å². The summed E-state index contributed by atoms with van der Waals surface area (Å²) in [4.78, 5) is 0. The summed E-state index contributed by atoms with van der Waals surface area (Å²) < 4.78 is 0. The minimum Gasteiger partial charge on any atom is -0.330 e. The highest BCUT2D eigenvalue weighted by Gasteiger charge is 2.39. The van der Waals surface area contributed by atoms with E-state index < -0.39 is 0 Å². The van der Waals surface area contributed by atoms with E-state index in [2.05, 4.69) is 19.2 Å². The minimum absolute atomic E-state index is 0.674. The summed E-state index contributed by atoms with van der Waals surface area (Å²) in [6.07, 6.45) is 5.38. The van der Waals surface area contributed by atoms with Crippen LogP contribution in [0.5, 0.6) is 0 Å². The van der Waals surface area contributed by atoms with Gasteiger partial charge in [-0.2, -0.15) is 0 Å². The van der Waals surface area contributed by atoms with E-state index in [9.17, 15) is 0 Å². The van der Waals surface area contributed by atoms with E-state index in [1.54, 1.807) is 0 Å². The second-order valence-corrected chi connectivity index (χ2v) is 4.49. The molecule has 0 bridgehead atoms. The zero-order valence-corrected chi connectivity index (χ0v) is 9.10. The molecular weight excluding hydrogens is 160 g/mol. The number of nitrogens with two attached hydrogens (primary N) is 1. The largest absolute Gasteiger partial charge is 0.330 e. The highest BCUT2D eigenvalue weighted by atomic mass is 14.9. The molecule has 0 aromatic heterocycles. The lowest BCUT2D eigenvalue weighted by Crippen LogP contribution is -2.31. The van der Waals surface area contributed by atoms with E-state index >= 15 is 0 Å². The first-order valence-corrected chi connectivity index (χ1v) is 5.67. The van der Waals surface area contributed by atoms with Crippen molar-refractivity contribution in [1.29, 1.82) is 0 Å². The van der Waals surface area contributed by atoms with Crippen molar-refractivity contribution >= 4 is 0 Å². The van der Waals surface area contributed by atoms with Crippen LogP contribution in [0.1, 0.15) is 39.5 Å². The molecule has 1 atom stereocenters. The molecule has 0 aliphatic heterocycles. The van der Waals surface area contributed by atoms with Gasteiger partial charge in [0.25, 0.3) is 0 Å². The molecule has 2 heteroatoms. The highest BCUT2D eigenvalue weighted by Crippen LogP contribution is 2.47. The first kappa shape index (κ1) is 11.0. The second-order valence-electron chi connectivity index (χ2n) is 4.49. The van der Waals surface area contributed by atoms with Gasteiger partial charge in [-0.15, -0.1) is 0 Å². The molecule has 0 amide bonds. The SMILES string of the molecule is CCC(CN)CNCC1(CC)CC1. The first-order chi connectivity index (χ1) is 6.26. The summed E-state index contributed by atoms with van der Waals surface area (Å²) in [5.41, 5.74) is 6.31. The fourth-order valence-corrected chi connectivity index (χ4v) is 1.77. The highest BCUT2D eigenvalue weighted by molar-refractivity contribution is 4.93. The van der Waals surface area contributed by atoms with Crippen molar-refractivity contribution in [1.82, 2.24) is 5.32 Å². The lowest BCUT2D eigenvalue weighted by molar-refractivity contribution is 0.401. The minimum atomic E-state index is 0.674. The van der Waals surface area contributed by atoms with Crippen LogP contribution in [0.25, 0.3) is 0 Å². The van der Waals surface area contributed by atoms with Gasteiger partial charge >= 0.3 is 0 Å². The van der Waals surface area contributed by atoms with Gasteiger partial charge in [0.15, 0.2) is 0 Å². The molecule has 1 rings (SSSR count). The fraction of sp³-hybridized carbons (Fsp3) is 1.00. The summed E-state index contributed by atoms with van der Waals surface area (Å²) in [6, 6.07) is 0. The Labute approximate surface area is 82.3 Å². The van der Waals surface area contributed by atoms with Crippen LogP contribution < -0.4 is 11.1 Å². The van der Waals surface area contributed by atoms with Crippen LogP contribution in [-0.2, 0) is 0 Å². The molecule has 78 valence electrons. The van der Waals surface area contributed by atoms with Gasteiger partial charge in [-0.05, 0) is 43.7 Å². The van der Waals surface area contributed by atoms with Crippen molar-refractivity contribution in [3.8, 4) is 0 Å². The molecule has 1 fully saturated rings. The van der Waals surface area contributed by atoms with E-state index in [1.165, 1.54) is 32.2 Å². The Morgan fingerprint density at radius 3 is 2.46 bits per heavy atom. The van der Waals surface area contributed by atoms with E-state index in [4.69, 9.17) is 5.73 Å². The van der Waals surface area contributed by atoms with Crippen LogP contribution in [0.15, 0.2) is 0 Å². The summed E-state index contributed by atoms with van der Waals surface area (Å²) in [7, 11) is 0. The Kier molecular flexibility index (Phi) is 4.20. The molecule has 0 radical (unpaired) electrons. The van der Waals surface area contributed by atoms with Crippen molar-refractivity contribution in [2.24, 2.45) is 17.1 Å². The predicted molar refractivity (Wildman–Crippen MR) is 57.7 cm³/mol. The Morgan fingerprint density at radius 2 is 2.08 bits per heavy atom. The molecule has 1 saturated carbocycles. The summed E-state index contributed by atoms with van der Waals surface area (Å²) in [6.45, 7) is 7.65. The molecule has 1 unspecified atom stereocenters. The van der Waals surface area contributed by atoms with Gasteiger partial charge in [0.2, 0.25) is 0 Å². The van der Waals surface area contributed by atoms with Gasteiger partial charge in [-0.1, -0.05) is 20.3 Å². The van der Waals surface area contributed by atoms with Gasteiger partial charge in [-0.25, -0.2) is 0 Å². The number of nitrogens with one attached hydrogen (secondary N) is 1. The average Bonchev–Trinajstić information content (AvgIpc) is 2.93. The predicted octanol–water partition coefficient (Wildman–Crippen LogP) is 1.75. The zero-order valence-electron chi connectivity index (χ0n) is 9.10. The van der Waals surface area contributed by atoms with E-state index in [0.29, 0.717) is 11.3 Å². The number of rotatable bonds is 7.